The van der Waals surface area contributed by atoms with Crippen LogP contribution in [0.2, 0.25) is 0 Å². The normalized spacial score (nSPS) is 18.2. The number of hydrogen-bond acceptors (Lipinski definition) is 2. The Hall–Kier alpha value is -2.38. The van der Waals surface area contributed by atoms with Gasteiger partial charge < -0.3 is 4.90 Å². The van der Waals surface area contributed by atoms with Crippen molar-refractivity contribution in [2.24, 2.45) is 0 Å². The van der Waals surface area contributed by atoms with Gasteiger partial charge in [-0.2, -0.15) is 18.3 Å². The van der Waals surface area contributed by atoms with E-state index < -0.39 is 17.6 Å². The first-order valence-corrected chi connectivity index (χ1v) is 9.56. The number of aryl methyl sites for hydroxylation is 1. The number of carbonyl (C=O) groups is 1. The van der Waals surface area contributed by atoms with Gasteiger partial charge in [0.15, 0.2) is 5.69 Å². The van der Waals surface area contributed by atoms with Crippen LogP contribution in [0, 0.1) is 5.82 Å². The van der Waals surface area contributed by atoms with Crippen molar-refractivity contribution in [3.63, 3.8) is 0 Å². The number of amides is 1. The second kappa shape index (κ2) is 7.22. The highest BCUT2D eigenvalue weighted by Crippen LogP contribution is 2.35. The predicted octanol–water partition coefficient (Wildman–Crippen LogP) is 4.47. The molecule has 8 heteroatoms. The van der Waals surface area contributed by atoms with E-state index in [2.05, 4.69) is 10.2 Å². The molecule has 1 aliphatic carbocycles. The van der Waals surface area contributed by atoms with Crippen molar-refractivity contribution in [1.82, 2.24) is 15.1 Å². The first kappa shape index (κ1) is 19.0. The van der Waals surface area contributed by atoms with Crippen LogP contribution in [0.4, 0.5) is 17.6 Å². The number of fused-ring (bicyclic) bond motifs is 1. The van der Waals surface area contributed by atoms with Gasteiger partial charge in [-0.15, -0.1) is 0 Å². The third-order valence-corrected chi connectivity index (χ3v) is 5.76. The number of H-pyrrole nitrogens is 1. The molecule has 1 saturated heterocycles. The number of nitrogens with one attached hydrogen (secondary N) is 1. The van der Waals surface area contributed by atoms with Gasteiger partial charge in [0.25, 0.3) is 5.91 Å². The monoisotopic (exact) mass is 395 g/mol. The molecule has 4 nitrogen and oxygen atoms in total. The maximum absolute atomic E-state index is 13.7. The standard InChI is InChI=1S/C20H21F4N3O/c21-15-10-13(9-14(11-15)20(22,23)24)12-5-7-27(8-6-12)19(28)18-16-3-1-2-4-17(16)25-26-18/h9-12H,1-8H2,(H,25,26). The number of benzene rings is 1. The molecule has 1 aromatic heterocycles. The number of aromatic amines is 1. The fourth-order valence-electron chi connectivity index (χ4n) is 4.24. The highest BCUT2D eigenvalue weighted by atomic mass is 19.4. The minimum absolute atomic E-state index is 0.131. The lowest BCUT2D eigenvalue weighted by Crippen LogP contribution is -2.38. The Balaban J connectivity index is 1.46. The number of alkyl halides is 3. The van der Waals surface area contributed by atoms with Crippen LogP contribution in [-0.2, 0) is 19.0 Å². The summed E-state index contributed by atoms with van der Waals surface area (Å²) >= 11 is 0. The molecule has 150 valence electrons. The van der Waals surface area contributed by atoms with Gasteiger partial charge >= 0.3 is 6.18 Å². The van der Waals surface area contributed by atoms with Crippen molar-refractivity contribution < 1.29 is 22.4 Å². The van der Waals surface area contributed by atoms with Crippen LogP contribution in [-0.4, -0.2) is 34.1 Å². The summed E-state index contributed by atoms with van der Waals surface area (Å²) in [5, 5.41) is 7.17. The second-order valence-corrected chi connectivity index (χ2v) is 7.57. The van der Waals surface area contributed by atoms with Gasteiger partial charge in [-0.05, 0) is 68.2 Å². The minimum Gasteiger partial charge on any atom is -0.337 e. The average Bonchev–Trinajstić information content (AvgIpc) is 3.10. The Morgan fingerprint density at radius 3 is 2.54 bits per heavy atom. The van der Waals surface area contributed by atoms with Crippen molar-refractivity contribution in [3.8, 4) is 0 Å². The summed E-state index contributed by atoms with van der Waals surface area (Å²) in [4.78, 5) is 14.6. The van der Waals surface area contributed by atoms with Crippen LogP contribution in [0.5, 0.6) is 0 Å². The summed E-state index contributed by atoms with van der Waals surface area (Å²) in [6.45, 7) is 0.839. The van der Waals surface area contributed by atoms with Gasteiger partial charge in [-0.1, -0.05) is 0 Å². The summed E-state index contributed by atoms with van der Waals surface area (Å²) < 4.78 is 52.5. The zero-order chi connectivity index (χ0) is 19.9. The Kier molecular flexibility index (Phi) is 4.89. The molecular weight excluding hydrogens is 374 g/mol. The molecule has 2 aliphatic rings. The summed E-state index contributed by atoms with van der Waals surface area (Å²) in [5.41, 5.74) is 1.88. The highest BCUT2D eigenvalue weighted by molar-refractivity contribution is 5.94. The molecule has 0 radical (unpaired) electrons. The zero-order valence-electron chi connectivity index (χ0n) is 15.3. The van der Waals surface area contributed by atoms with Crippen LogP contribution in [0.3, 0.4) is 0 Å². The number of halogens is 4. The van der Waals surface area contributed by atoms with E-state index in [1.807, 2.05) is 0 Å². The van der Waals surface area contributed by atoms with Crippen molar-refractivity contribution in [3.05, 3.63) is 52.1 Å². The Morgan fingerprint density at radius 1 is 1.11 bits per heavy atom. The molecule has 0 atom stereocenters. The predicted molar refractivity (Wildman–Crippen MR) is 94.5 cm³/mol. The van der Waals surface area contributed by atoms with E-state index in [4.69, 9.17) is 0 Å². The Bertz CT molecular complexity index is 882. The molecule has 1 fully saturated rings. The average molecular weight is 395 g/mol. The smallest absolute Gasteiger partial charge is 0.337 e. The lowest BCUT2D eigenvalue weighted by atomic mass is 9.88. The van der Waals surface area contributed by atoms with Crippen molar-refractivity contribution in [2.75, 3.05) is 13.1 Å². The van der Waals surface area contributed by atoms with E-state index in [0.717, 1.165) is 43.0 Å². The van der Waals surface area contributed by atoms with Gasteiger partial charge in [0.05, 0.1) is 5.56 Å². The van der Waals surface area contributed by atoms with Gasteiger partial charge in [-0.25, -0.2) is 4.39 Å². The molecule has 1 N–H and O–H groups in total. The third kappa shape index (κ3) is 3.64. The molecular formula is C20H21F4N3O. The van der Waals surface area contributed by atoms with E-state index in [0.29, 0.717) is 43.3 Å². The molecule has 1 amide bonds. The number of likely N-dealkylation sites (tertiary alicyclic amines) is 1. The number of nitrogens with zero attached hydrogens (tertiary/aromatic N) is 2. The highest BCUT2D eigenvalue weighted by Gasteiger charge is 2.33. The maximum atomic E-state index is 13.7. The van der Waals surface area contributed by atoms with E-state index in [1.165, 1.54) is 6.07 Å². The summed E-state index contributed by atoms with van der Waals surface area (Å²) in [6, 6.07) is 2.71. The second-order valence-electron chi connectivity index (χ2n) is 7.57. The van der Waals surface area contributed by atoms with Crippen LogP contribution in [0.15, 0.2) is 18.2 Å². The molecule has 0 unspecified atom stereocenters. The third-order valence-electron chi connectivity index (χ3n) is 5.76. The molecule has 4 rings (SSSR count). The van der Waals surface area contributed by atoms with Crippen molar-refractivity contribution in [2.45, 2.75) is 50.6 Å². The number of aromatic nitrogens is 2. The fourth-order valence-corrected chi connectivity index (χ4v) is 4.24. The van der Waals surface area contributed by atoms with Gasteiger partial charge in [0, 0.05) is 24.3 Å². The Morgan fingerprint density at radius 2 is 1.82 bits per heavy atom. The first-order chi connectivity index (χ1) is 13.3. The number of hydrogen-bond donors (Lipinski definition) is 1. The quantitative estimate of drug-likeness (QED) is 0.763. The van der Waals surface area contributed by atoms with Crippen LogP contribution in [0.1, 0.15) is 64.5 Å². The molecule has 1 aliphatic heterocycles. The largest absolute Gasteiger partial charge is 0.416 e. The number of piperidine rings is 1. The van der Waals surface area contributed by atoms with Crippen LogP contribution in [0.25, 0.3) is 0 Å². The number of carbonyl (C=O) groups excluding carboxylic acids is 1. The van der Waals surface area contributed by atoms with Crippen molar-refractivity contribution >= 4 is 5.91 Å². The number of rotatable bonds is 2. The van der Waals surface area contributed by atoms with E-state index >= 15 is 0 Å². The SMILES string of the molecule is O=C(c1n[nH]c2c1CCCC2)N1CCC(c2cc(F)cc(C(F)(F)F)c2)CC1. The zero-order valence-corrected chi connectivity index (χ0v) is 15.3. The lowest BCUT2D eigenvalue weighted by molar-refractivity contribution is -0.137. The summed E-state index contributed by atoms with van der Waals surface area (Å²) in [5.74, 6) is -1.21. The molecule has 2 aromatic rings. The van der Waals surface area contributed by atoms with Gasteiger partial charge in [0.2, 0.25) is 0 Å². The maximum Gasteiger partial charge on any atom is 0.416 e. The van der Waals surface area contributed by atoms with E-state index in [-0.39, 0.29) is 11.8 Å². The molecule has 0 bridgehead atoms. The van der Waals surface area contributed by atoms with E-state index in [9.17, 15) is 22.4 Å². The summed E-state index contributed by atoms with van der Waals surface area (Å²) in [7, 11) is 0. The van der Waals surface area contributed by atoms with E-state index in [1.54, 1.807) is 4.90 Å². The minimum atomic E-state index is -4.58. The fraction of sp³-hybridized carbons (Fsp3) is 0.500. The Labute approximate surface area is 159 Å². The summed E-state index contributed by atoms with van der Waals surface area (Å²) in [6.07, 6.45) is 0.286. The van der Waals surface area contributed by atoms with Gasteiger partial charge in [0.1, 0.15) is 5.82 Å². The van der Waals surface area contributed by atoms with Crippen molar-refractivity contribution in [1.29, 1.82) is 0 Å². The van der Waals surface area contributed by atoms with Crippen LogP contribution >= 0.6 is 0 Å². The topological polar surface area (TPSA) is 49.0 Å². The molecule has 0 saturated carbocycles. The van der Waals surface area contributed by atoms with Crippen LogP contribution < -0.4 is 0 Å². The lowest BCUT2D eigenvalue weighted by Gasteiger charge is -2.32. The molecule has 2 heterocycles. The molecule has 1 aromatic carbocycles. The first-order valence-electron chi connectivity index (χ1n) is 9.56. The molecule has 28 heavy (non-hydrogen) atoms. The van der Waals surface area contributed by atoms with Gasteiger partial charge in [-0.3, -0.25) is 9.89 Å². The molecule has 0 spiro atoms.